The Morgan fingerprint density at radius 1 is 1.62 bits per heavy atom. The van der Waals surface area contributed by atoms with E-state index in [-0.39, 0.29) is 12.0 Å². The van der Waals surface area contributed by atoms with E-state index in [1.807, 2.05) is 38.8 Å². The van der Waals surface area contributed by atoms with Crippen molar-refractivity contribution in [3.63, 3.8) is 0 Å². The van der Waals surface area contributed by atoms with Crippen LogP contribution in [0.25, 0.3) is 0 Å². The zero-order valence-corrected chi connectivity index (χ0v) is 10.3. The molecule has 0 aliphatic carbocycles. The van der Waals surface area contributed by atoms with Crippen molar-refractivity contribution in [2.75, 3.05) is 13.7 Å². The van der Waals surface area contributed by atoms with Crippen LogP contribution in [0.1, 0.15) is 25.2 Å². The summed E-state index contributed by atoms with van der Waals surface area (Å²) in [6.45, 7) is 6.67. The Labute approximate surface area is 96.2 Å². The van der Waals surface area contributed by atoms with E-state index in [9.17, 15) is 4.79 Å². The van der Waals surface area contributed by atoms with Crippen LogP contribution in [0.4, 0.5) is 0 Å². The number of rotatable bonds is 5. The van der Waals surface area contributed by atoms with Crippen molar-refractivity contribution in [1.29, 1.82) is 0 Å². The van der Waals surface area contributed by atoms with Gasteiger partial charge in [-0.05, 0) is 33.9 Å². The Kier molecular flexibility index (Phi) is 4.55. The molecule has 0 aromatic carbocycles. The van der Waals surface area contributed by atoms with Gasteiger partial charge in [-0.3, -0.25) is 9.69 Å². The molecule has 0 amide bonds. The third-order valence-electron chi connectivity index (χ3n) is 2.67. The van der Waals surface area contributed by atoms with Gasteiger partial charge in [-0.15, -0.1) is 0 Å². The molecule has 0 fully saturated rings. The van der Waals surface area contributed by atoms with Crippen LogP contribution in [0.2, 0.25) is 0 Å². The molecule has 0 aliphatic rings. The summed E-state index contributed by atoms with van der Waals surface area (Å²) >= 11 is 0. The molecule has 0 aliphatic heterocycles. The summed E-state index contributed by atoms with van der Waals surface area (Å²) in [5.74, 6) is 0.703. The van der Waals surface area contributed by atoms with Gasteiger partial charge in [0.15, 0.2) is 0 Å². The number of likely N-dealkylation sites (N-methyl/N-ethyl adjacent to an activating group) is 1. The van der Waals surface area contributed by atoms with Crippen LogP contribution in [0.5, 0.6) is 0 Å². The van der Waals surface area contributed by atoms with Crippen molar-refractivity contribution >= 4 is 5.97 Å². The van der Waals surface area contributed by atoms with Crippen LogP contribution in [-0.2, 0) is 16.1 Å². The summed E-state index contributed by atoms with van der Waals surface area (Å²) in [5, 5.41) is 0. The SMILES string of the molecule is CCOC(=O)C(C)N(C)Cc1ccoc1C. The summed E-state index contributed by atoms with van der Waals surface area (Å²) in [6.07, 6.45) is 1.66. The number of carbonyl (C=O) groups is 1. The molecular formula is C12H19NO3. The van der Waals surface area contributed by atoms with Gasteiger partial charge < -0.3 is 9.15 Å². The quantitative estimate of drug-likeness (QED) is 0.718. The molecule has 1 heterocycles. The first-order chi connectivity index (χ1) is 7.56. The molecule has 1 atom stereocenters. The number of furan rings is 1. The second kappa shape index (κ2) is 5.70. The first-order valence-corrected chi connectivity index (χ1v) is 5.46. The molecule has 0 saturated heterocycles. The van der Waals surface area contributed by atoms with Crippen molar-refractivity contribution in [2.24, 2.45) is 0 Å². The Balaban J connectivity index is 2.55. The van der Waals surface area contributed by atoms with Gasteiger partial charge in [-0.2, -0.15) is 0 Å². The van der Waals surface area contributed by atoms with Crippen LogP contribution in [0.3, 0.4) is 0 Å². The maximum atomic E-state index is 11.5. The van der Waals surface area contributed by atoms with E-state index in [4.69, 9.17) is 9.15 Å². The summed E-state index contributed by atoms with van der Waals surface area (Å²) in [6, 6.07) is 1.68. The lowest BCUT2D eigenvalue weighted by Gasteiger charge is -2.22. The molecule has 1 unspecified atom stereocenters. The largest absolute Gasteiger partial charge is 0.469 e. The van der Waals surface area contributed by atoms with E-state index in [1.54, 1.807) is 6.26 Å². The number of carbonyl (C=O) groups excluding carboxylic acids is 1. The third kappa shape index (κ3) is 3.10. The molecule has 0 N–H and O–H groups in total. The van der Waals surface area contributed by atoms with E-state index in [2.05, 4.69) is 0 Å². The second-order valence-electron chi connectivity index (χ2n) is 3.85. The molecule has 1 aromatic rings. The molecule has 0 spiro atoms. The number of esters is 1. The van der Waals surface area contributed by atoms with Crippen LogP contribution in [-0.4, -0.2) is 30.6 Å². The number of ether oxygens (including phenoxy) is 1. The standard InChI is InChI=1S/C12H19NO3/c1-5-15-12(14)9(2)13(4)8-11-6-7-16-10(11)3/h6-7,9H,5,8H2,1-4H3. The van der Waals surface area contributed by atoms with E-state index in [1.165, 1.54) is 0 Å². The van der Waals surface area contributed by atoms with Crippen molar-refractivity contribution in [2.45, 2.75) is 33.4 Å². The molecule has 90 valence electrons. The monoisotopic (exact) mass is 225 g/mol. The maximum Gasteiger partial charge on any atom is 0.323 e. The highest BCUT2D eigenvalue weighted by Crippen LogP contribution is 2.12. The van der Waals surface area contributed by atoms with Crippen molar-refractivity contribution in [3.8, 4) is 0 Å². The topological polar surface area (TPSA) is 42.7 Å². The minimum atomic E-state index is -0.241. The highest BCUT2D eigenvalue weighted by Gasteiger charge is 2.19. The highest BCUT2D eigenvalue weighted by molar-refractivity contribution is 5.75. The minimum absolute atomic E-state index is 0.189. The number of hydrogen-bond acceptors (Lipinski definition) is 4. The Morgan fingerprint density at radius 3 is 2.81 bits per heavy atom. The smallest absolute Gasteiger partial charge is 0.323 e. The fourth-order valence-electron chi connectivity index (χ4n) is 1.42. The third-order valence-corrected chi connectivity index (χ3v) is 2.67. The van der Waals surface area contributed by atoms with Crippen LogP contribution < -0.4 is 0 Å². The Morgan fingerprint density at radius 2 is 2.31 bits per heavy atom. The molecule has 1 aromatic heterocycles. The lowest BCUT2D eigenvalue weighted by molar-refractivity contribution is -0.148. The van der Waals surface area contributed by atoms with Crippen LogP contribution in [0.15, 0.2) is 16.7 Å². The molecule has 1 rings (SSSR count). The summed E-state index contributed by atoms with van der Waals surface area (Å²) < 4.78 is 10.2. The van der Waals surface area contributed by atoms with Crippen LogP contribution >= 0.6 is 0 Å². The molecule has 16 heavy (non-hydrogen) atoms. The van der Waals surface area contributed by atoms with Crippen LogP contribution in [0, 0.1) is 6.92 Å². The van der Waals surface area contributed by atoms with Crippen molar-refractivity contribution in [1.82, 2.24) is 4.90 Å². The fourth-order valence-corrected chi connectivity index (χ4v) is 1.42. The van der Waals surface area contributed by atoms with E-state index in [0.29, 0.717) is 13.2 Å². The first-order valence-electron chi connectivity index (χ1n) is 5.46. The average Bonchev–Trinajstić information content (AvgIpc) is 2.63. The van der Waals surface area contributed by atoms with Gasteiger partial charge >= 0.3 is 5.97 Å². The van der Waals surface area contributed by atoms with Gasteiger partial charge in [0.25, 0.3) is 0 Å². The number of aryl methyl sites for hydroxylation is 1. The molecule has 0 bridgehead atoms. The highest BCUT2D eigenvalue weighted by atomic mass is 16.5. The van der Waals surface area contributed by atoms with E-state index >= 15 is 0 Å². The van der Waals surface area contributed by atoms with Crippen molar-refractivity contribution in [3.05, 3.63) is 23.7 Å². The van der Waals surface area contributed by atoms with E-state index in [0.717, 1.165) is 11.3 Å². The predicted octanol–water partition coefficient (Wildman–Crippen LogP) is 1.97. The summed E-state index contributed by atoms with van der Waals surface area (Å²) in [5.41, 5.74) is 1.10. The average molecular weight is 225 g/mol. The predicted molar refractivity (Wildman–Crippen MR) is 61.0 cm³/mol. The Hall–Kier alpha value is -1.29. The minimum Gasteiger partial charge on any atom is -0.469 e. The molecule has 0 saturated carbocycles. The van der Waals surface area contributed by atoms with Gasteiger partial charge in [0.2, 0.25) is 0 Å². The molecule has 4 heteroatoms. The number of nitrogens with zero attached hydrogens (tertiary/aromatic N) is 1. The van der Waals surface area contributed by atoms with Gasteiger partial charge in [0.05, 0.1) is 12.9 Å². The van der Waals surface area contributed by atoms with Gasteiger partial charge in [0.1, 0.15) is 11.8 Å². The zero-order chi connectivity index (χ0) is 12.1. The summed E-state index contributed by atoms with van der Waals surface area (Å²) in [7, 11) is 1.90. The molecule has 0 radical (unpaired) electrons. The Bertz CT molecular complexity index is 346. The summed E-state index contributed by atoms with van der Waals surface area (Å²) in [4.78, 5) is 13.5. The molecule has 4 nitrogen and oxygen atoms in total. The maximum absolute atomic E-state index is 11.5. The van der Waals surface area contributed by atoms with Gasteiger partial charge in [-0.1, -0.05) is 0 Å². The van der Waals surface area contributed by atoms with Crippen molar-refractivity contribution < 1.29 is 13.9 Å². The fraction of sp³-hybridized carbons (Fsp3) is 0.583. The van der Waals surface area contributed by atoms with Gasteiger partial charge in [0, 0.05) is 12.1 Å². The lowest BCUT2D eigenvalue weighted by Crippen LogP contribution is -2.36. The normalized spacial score (nSPS) is 12.8. The molecular weight excluding hydrogens is 206 g/mol. The first kappa shape index (κ1) is 12.8. The second-order valence-corrected chi connectivity index (χ2v) is 3.85. The lowest BCUT2D eigenvalue weighted by atomic mass is 10.2. The van der Waals surface area contributed by atoms with Gasteiger partial charge in [-0.25, -0.2) is 0 Å². The van der Waals surface area contributed by atoms with E-state index < -0.39 is 0 Å². The zero-order valence-electron chi connectivity index (χ0n) is 10.3. The number of hydrogen-bond donors (Lipinski definition) is 0.